The number of halogens is 1. The van der Waals surface area contributed by atoms with E-state index in [4.69, 9.17) is 11.6 Å². The van der Waals surface area contributed by atoms with Gasteiger partial charge in [0, 0.05) is 31.1 Å². The summed E-state index contributed by atoms with van der Waals surface area (Å²) in [5.41, 5.74) is 1.05. The second-order valence-electron chi connectivity index (χ2n) is 5.30. The standard InChI is InChI=1S/C17H25ClN2O/c1-4-5-6-10-19-14(2)11-17(21)20(3)13-15-8-7-9-16(18)12-15/h4-5,7-9,12,14,19H,6,10-11,13H2,1-3H3. The molecular formula is C17H25ClN2O. The van der Waals surface area contributed by atoms with Crippen LogP contribution in [-0.4, -0.2) is 30.4 Å². The van der Waals surface area contributed by atoms with E-state index in [0.29, 0.717) is 18.0 Å². The summed E-state index contributed by atoms with van der Waals surface area (Å²) < 4.78 is 0. The smallest absolute Gasteiger partial charge is 0.224 e. The molecule has 1 aromatic rings. The van der Waals surface area contributed by atoms with Crippen molar-refractivity contribution in [1.82, 2.24) is 10.2 Å². The Morgan fingerprint density at radius 3 is 2.90 bits per heavy atom. The summed E-state index contributed by atoms with van der Waals surface area (Å²) >= 11 is 5.96. The lowest BCUT2D eigenvalue weighted by atomic mass is 10.2. The second-order valence-corrected chi connectivity index (χ2v) is 5.73. The molecular weight excluding hydrogens is 284 g/mol. The van der Waals surface area contributed by atoms with Gasteiger partial charge in [0.2, 0.25) is 5.91 Å². The first-order valence-electron chi connectivity index (χ1n) is 7.36. The first kappa shape index (κ1) is 17.7. The van der Waals surface area contributed by atoms with E-state index in [1.54, 1.807) is 4.90 Å². The van der Waals surface area contributed by atoms with E-state index in [1.807, 2.05) is 51.2 Å². The van der Waals surface area contributed by atoms with Gasteiger partial charge in [-0.2, -0.15) is 0 Å². The largest absolute Gasteiger partial charge is 0.341 e. The monoisotopic (exact) mass is 308 g/mol. The van der Waals surface area contributed by atoms with Gasteiger partial charge in [0.1, 0.15) is 0 Å². The van der Waals surface area contributed by atoms with Gasteiger partial charge in [-0.15, -0.1) is 0 Å². The number of carbonyl (C=O) groups excluding carboxylic acids is 1. The third-order valence-electron chi connectivity index (χ3n) is 3.25. The Hall–Kier alpha value is -1.32. The molecule has 116 valence electrons. The topological polar surface area (TPSA) is 32.3 Å². The fraction of sp³-hybridized carbons (Fsp3) is 0.471. The highest BCUT2D eigenvalue weighted by molar-refractivity contribution is 6.30. The second kappa shape index (κ2) is 9.59. The zero-order valence-electron chi connectivity index (χ0n) is 13.1. The third kappa shape index (κ3) is 7.30. The summed E-state index contributed by atoms with van der Waals surface area (Å²) in [6.07, 6.45) is 5.66. The molecule has 1 amide bonds. The van der Waals surface area contributed by atoms with Gasteiger partial charge in [0.25, 0.3) is 0 Å². The van der Waals surface area contributed by atoms with Crippen molar-refractivity contribution in [3.05, 3.63) is 47.0 Å². The van der Waals surface area contributed by atoms with Crippen molar-refractivity contribution in [3.63, 3.8) is 0 Å². The SMILES string of the molecule is CC=CCCNC(C)CC(=O)N(C)Cc1cccc(Cl)c1. The highest BCUT2D eigenvalue weighted by Gasteiger charge is 2.13. The number of nitrogens with zero attached hydrogens (tertiary/aromatic N) is 1. The number of nitrogens with one attached hydrogen (secondary N) is 1. The van der Waals surface area contributed by atoms with Crippen LogP contribution in [-0.2, 0) is 11.3 Å². The molecule has 0 heterocycles. The normalized spacial score (nSPS) is 12.6. The molecule has 4 heteroatoms. The minimum atomic E-state index is 0.140. The van der Waals surface area contributed by atoms with Gasteiger partial charge in [-0.1, -0.05) is 35.9 Å². The molecule has 0 saturated heterocycles. The van der Waals surface area contributed by atoms with Gasteiger partial charge in [0.15, 0.2) is 0 Å². The van der Waals surface area contributed by atoms with Gasteiger partial charge in [-0.25, -0.2) is 0 Å². The summed E-state index contributed by atoms with van der Waals surface area (Å²) in [5.74, 6) is 0.140. The Bertz CT molecular complexity index is 474. The van der Waals surface area contributed by atoms with Crippen LogP contribution in [0.2, 0.25) is 5.02 Å². The maximum absolute atomic E-state index is 12.2. The predicted molar refractivity (Wildman–Crippen MR) is 89.4 cm³/mol. The Labute approximate surface area is 133 Å². The van der Waals surface area contributed by atoms with E-state index in [0.717, 1.165) is 18.5 Å². The highest BCUT2D eigenvalue weighted by atomic mass is 35.5. The maximum Gasteiger partial charge on any atom is 0.224 e. The number of benzene rings is 1. The molecule has 3 nitrogen and oxygen atoms in total. The third-order valence-corrected chi connectivity index (χ3v) is 3.49. The van der Waals surface area contributed by atoms with E-state index in [1.165, 1.54) is 0 Å². The van der Waals surface area contributed by atoms with Crippen LogP contribution in [0.1, 0.15) is 32.3 Å². The van der Waals surface area contributed by atoms with Crippen LogP contribution in [0.5, 0.6) is 0 Å². The van der Waals surface area contributed by atoms with Crippen LogP contribution in [0.15, 0.2) is 36.4 Å². The lowest BCUT2D eigenvalue weighted by molar-refractivity contribution is -0.130. The van der Waals surface area contributed by atoms with Gasteiger partial charge < -0.3 is 10.2 Å². The summed E-state index contributed by atoms with van der Waals surface area (Å²) in [7, 11) is 1.83. The average Bonchev–Trinajstić information content (AvgIpc) is 2.43. The number of allylic oxidation sites excluding steroid dienone is 1. The molecule has 21 heavy (non-hydrogen) atoms. The zero-order chi connectivity index (χ0) is 15.7. The summed E-state index contributed by atoms with van der Waals surface area (Å²) in [6, 6.07) is 7.80. The van der Waals surface area contributed by atoms with Crippen molar-refractivity contribution in [2.24, 2.45) is 0 Å². The number of hydrogen-bond donors (Lipinski definition) is 1. The minimum absolute atomic E-state index is 0.140. The fourth-order valence-electron chi connectivity index (χ4n) is 2.07. The summed E-state index contributed by atoms with van der Waals surface area (Å²) in [4.78, 5) is 13.9. The van der Waals surface area contributed by atoms with E-state index in [2.05, 4.69) is 11.4 Å². The Kier molecular flexibility index (Phi) is 8.09. The fourth-order valence-corrected chi connectivity index (χ4v) is 2.28. The molecule has 0 aliphatic carbocycles. The average molecular weight is 309 g/mol. The van der Waals surface area contributed by atoms with Crippen molar-refractivity contribution in [2.75, 3.05) is 13.6 Å². The van der Waals surface area contributed by atoms with Crippen LogP contribution in [0.4, 0.5) is 0 Å². The number of amides is 1. The van der Waals surface area contributed by atoms with Gasteiger partial charge in [-0.3, -0.25) is 4.79 Å². The lowest BCUT2D eigenvalue weighted by Crippen LogP contribution is -2.35. The molecule has 1 atom stereocenters. The number of carbonyl (C=O) groups is 1. The quantitative estimate of drug-likeness (QED) is 0.587. The molecule has 0 aromatic heterocycles. The van der Waals surface area contributed by atoms with E-state index >= 15 is 0 Å². The van der Waals surface area contributed by atoms with Crippen LogP contribution < -0.4 is 5.32 Å². The van der Waals surface area contributed by atoms with Crippen molar-refractivity contribution >= 4 is 17.5 Å². The molecule has 0 spiro atoms. The van der Waals surface area contributed by atoms with Crippen LogP contribution in [0, 0.1) is 0 Å². The van der Waals surface area contributed by atoms with Gasteiger partial charge in [0.05, 0.1) is 0 Å². The van der Waals surface area contributed by atoms with E-state index in [9.17, 15) is 4.79 Å². The number of hydrogen-bond acceptors (Lipinski definition) is 2. The van der Waals surface area contributed by atoms with Crippen LogP contribution in [0.3, 0.4) is 0 Å². The van der Waals surface area contributed by atoms with Crippen LogP contribution in [0.25, 0.3) is 0 Å². The molecule has 0 aliphatic heterocycles. The highest BCUT2D eigenvalue weighted by Crippen LogP contribution is 2.12. The molecule has 1 aromatic carbocycles. The molecule has 1 unspecified atom stereocenters. The predicted octanol–water partition coefficient (Wildman–Crippen LogP) is 3.63. The molecule has 0 radical (unpaired) electrons. The maximum atomic E-state index is 12.2. The van der Waals surface area contributed by atoms with Crippen molar-refractivity contribution in [3.8, 4) is 0 Å². The Balaban J connectivity index is 2.36. The summed E-state index contributed by atoms with van der Waals surface area (Å²) in [5, 5.41) is 4.06. The van der Waals surface area contributed by atoms with E-state index < -0.39 is 0 Å². The van der Waals surface area contributed by atoms with Gasteiger partial charge in [-0.05, 0) is 44.5 Å². The van der Waals surface area contributed by atoms with Crippen molar-refractivity contribution in [2.45, 2.75) is 39.3 Å². The summed E-state index contributed by atoms with van der Waals surface area (Å²) in [6.45, 7) is 5.54. The molecule has 1 rings (SSSR count). The molecule has 0 bridgehead atoms. The van der Waals surface area contributed by atoms with Crippen LogP contribution >= 0.6 is 11.6 Å². The first-order chi connectivity index (χ1) is 10.0. The molecule has 0 saturated carbocycles. The Morgan fingerprint density at radius 2 is 2.24 bits per heavy atom. The van der Waals surface area contributed by atoms with E-state index in [-0.39, 0.29) is 11.9 Å². The zero-order valence-corrected chi connectivity index (χ0v) is 13.9. The van der Waals surface area contributed by atoms with Crippen molar-refractivity contribution < 1.29 is 4.79 Å². The first-order valence-corrected chi connectivity index (χ1v) is 7.73. The molecule has 1 N–H and O–H groups in total. The van der Waals surface area contributed by atoms with Crippen molar-refractivity contribution in [1.29, 1.82) is 0 Å². The Morgan fingerprint density at radius 1 is 1.48 bits per heavy atom. The molecule has 0 fully saturated rings. The van der Waals surface area contributed by atoms with Gasteiger partial charge >= 0.3 is 0 Å². The molecule has 0 aliphatic rings. The minimum Gasteiger partial charge on any atom is -0.341 e. The lowest BCUT2D eigenvalue weighted by Gasteiger charge is -2.20. The number of rotatable bonds is 8.